The third-order valence-corrected chi connectivity index (χ3v) is 7.66. The molecule has 2 aromatic rings. The first kappa shape index (κ1) is 31.4. The first-order valence-corrected chi connectivity index (χ1v) is 14.6. The fourth-order valence-electron chi connectivity index (χ4n) is 5.29. The zero-order valence-corrected chi connectivity index (χ0v) is 26.0. The smallest absolute Gasteiger partial charge is 0.293 e. The normalized spacial score (nSPS) is 15.0. The molecule has 1 aliphatic rings. The largest absolute Gasteiger partial charge is 0.460 e. The van der Waals surface area contributed by atoms with Crippen molar-refractivity contribution in [1.29, 1.82) is 0 Å². The van der Waals surface area contributed by atoms with E-state index in [4.69, 9.17) is 4.74 Å². The van der Waals surface area contributed by atoms with Gasteiger partial charge in [0.2, 0.25) is 0 Å². The summed E-state index contributed by atoms with van der Waals surface area (Å²) in [4.78, 5) is 37.6. The Balaban J connectivity index is 2.12. The molecule has 0 spiro atoms. The maximum absolute atomic E-state index is 13.4. The number of rotatable bonds is 9. The van der Waals surface area contributed by atoms with Gasteiger partial charge in [-0.1, -0.05) is 40.0 Å². The molecule has 1 aromatic carbocycles. The van der Waals surface area contributed by atoms with Crippen LogP contribution in [0.2, 0.25) is 0 Å². The summed E-state index contributed by atoms with van der Waals surface area (Å²) in [6.07, 6.45) is 6.10. The number of amides is 2. The van der Waals surface area contributed by atoms with Crippen LogP contribution in [-0.4, -0.2) is 40.5 Å². The van der Waals surface area contributed by atoms with Crippen molar-refractivity contribution < 1.29 is 19.1 Å². The number of ether oxygens (including phenoxy) is 1. The highest BCUT2D eigenvalue weighted by molar-refractivity contribution is 5.98. The van der Waals surface area contributed by atoms with E-state index in [0.717, 1.165) is 29.1 Å². The van der Waals surface area contributed by atoms with Gasteiger partial charge in [0, 0.05) is 29.0 Å². The number of nitrogens with one attached hydrogen (secondary N) is 2. The Morgan fingerprint density at radius 2 is 1.60 bits per heavy atom. The molecule has 0 atom stereocenters. The van der Waals surface area contributed by atoms with Crippen molar-refractivity contribution >= 4 is 18.3 Å². The molecule has 1 aliphatic carbocycles. The van der Waals surface area contributed by atoms with Gasteiger partial charge in [-0.05, 0) is 101 Å². The Kier molecular flexibility index (Phi) is 9.58. The van der Waals surface area contributed by atoms with Crippen LogP contribution in [0.5, 0.6) is 0 Å². The third kappa shape index (κ3) is 8.21. The molecule has 7 nitrogen and oxygen atoms in total. The molecule has 1 heterocycles. The molecule has 2 N–H and O–H groups in total. The van der Waals surface area contributed by atoms with E-state index in [-0.39, 0.29) is 29.3 Å². The van der Waals surface area contributed by atoms with Crippen molar-refractivity contribution in [2.75, 3.05) is 6.54 Å². The summed E-state index contributed by atoms with van der Waals surface area (Å²) >= 11 is 0. The lowest BCUT2D eigenvalue weighted by Gasteiger charge is -2.26. The average molecular weight is 552 g/mol. The monoisotopic (exact) mass is 551 g/mol. The highest BCUT2D eigenvalue weighted by Gasteiger charge is 2.27. The summed E-state index contributed by atoms with van der Waals surface area (Å²) in [5.41, 5.74) is 3.68. The van der Waals surface area contributed by atoms with Gasteiger partial charge in [-0.2, -0.15) is 0 Å². The summed E-state index contributed by atoms with van der Waals surface area (Å²) < 4.78 is 7.39. The van der Waals surface area contributed by atoms with Gasteiger partial charge >= 0.3 is 0 Å². The number of hydrogen-bond donors (Lipinski definition) is 2. The Morgan fingerprint density at radius 3 is 2.17 bits per heavy atom. The number of aromatic nitrogens is 1. The summed E-state index contributed by atoms with van der Waals surface area (Å²) in [6, 6.07) is 8.04. The summed E-state index contributed by atoms with van der Waals surface area (Å²) in [5.74, 6) is 0.225. The van der Waals surface area contributed by atoms with Crippen LogP contribution in [0, 0.1) is 12.8 Å². The van der Waals surface area contributed by atoms with Crippen molar-refractivity contribution in [3.05, 3.63) is 46.6 Å². The van der Waals surface area contributed by atoms with Gasteiger partial charge < -0.3 is 19.9 Å². The Hall–Kier alpha value is -3.09. The second-order valence-electron chi connectivity index (χ2n) is 14.1. The highest BCUT2D eigenvalue weighted by atomic mass is 16.5. The van der Waals surface area contributed by atoms with E-state index in [1.54, 1.807) is 13.8 Å². The first-order valence-electron chi connectivity index (χ1n) is 14.6. The second kappa shape index (κ2) is 12.2. The fourth-order valence-corrected chi connectivity index (χ4v) is 5.29. The topological polar surface area (TPSA) is 89.4 Å². The molecule has 0 bridgehead atoms. The fraction of sp³-hybridized carbons (Fsp3) is 0.606. The standard InChI is InChI=1S/C33H49N3O4/c1-22-27(30(39)34-20-33(8,9)40-21-37)18-28(36(22)19-23-13-11-10-12-14-23)24-15-25(29(38)35-32(5,6)7)17-26(16-24)31(2,3)4/h15-18,21,23H,10-14,19-20H2,1-9H3,(H,34,39)(H,35,38). The number of hydrogen-bond acceptors (Lipinski definition) is 4. The molecule has 0 aliphatic heterocycles. The SMILES string of the molecule is Cc1c(C(=O)NCC(C)(C)OC=O)cc(-c2cc(C(=O)NC(C)(C)C)cc(C(C)(C)C)c2)n1CC1CCCCC1. The van der Waals surface area contributed by atoms with Crippen molar-refractivity contribution in [2.24, 2.45) is 5.92 Å². The quantitative estimate of drug-likeness (QED) is 0.346. The molecule has 0 saturated heterocycles. The van der Waals surface area contributed by atoms with Gasteiger partial charge in [0.05, 0.1) is 12.1 Å². The lowest BCUT2D eigenvalue weighted by Crippen LogP contribution is -2.40. The van der Waals surface area contributed by atoms with E-state index in [9.17, 15) is 14.4 Å². The maximum atomic E-state index is 13.4. The minimum absolute atomic E-state index is 0.114. The summed E-state index contributed by atoms with van der Waals surface area (Å²) in [6.45, 7) is 19.3. The van der Waals surface area contributed by atoms with Crippen LogP contribution in [0.4, 0.5) is 0 Å². The lowest BCUT2D eigenvalue weighted by molar-refractivity contribution is -0.139. The van der Waals surface area contributed by atoms with Crippen LogP contribution in [0.15, 0.2) is 24.3 Å². The summed E-state index contributed by atoms with van der Waals surface area (Å²) in [5, 5.41) is 6.05. The zero-order chi connectivity index (χ0) is 29.9. The first-order chi connectivity index (χ1) is 18.5. The molecular formula is C33H49N3O4. The Bertz CT molecular complexity index is 1220. The van der Waals surface area contributed by atoms with Gasteiger partial charge in [0.25, 0.3) is 18.3 Å². The van der Waals surface area contributed by atoms with Crippen LogP contribution >= 0.6 is 0 Å². The van der Waals surface area contributed by atoms with Crippen LogP contribution in [0.3, 0.4) is 0 Å². The van der Waals surface area contributed by atoms with Crippen LogP contribution in [0.25, 0.3) is 11.3 Å². The zero-order valence-electron chi connectivity index (χ0n) is 26.0. The van der Waals surface area contributed by atoms with E-state index in [1.807, 2.05) is 45.9 Å². The van der Waals surface area contributed by atoms with Gasteiger partial charge in [-0.15, -0.1) is 0 Å². The highest BCUT2D eigenvalue weighted by Crippen LogP contribution is 2.34. The van der Waals surface area contributed by atoms with Crippen LogP contribution in [0.1, 0.15) is 119 Å². The number of nitrogens with zero attached hydrogens (tertiary/aromatic N) is 1. The van der Waals surface area contributed by atoms with E-state index < -0.39 is 5.60 Å². The molecule has 220 valence electrons. The van der Waals surface area contributed by atoms with Crippen molar-refractivity contribution in [1.82, 2.24) is 15.2 Å². The van der Waals surface area contributed by atoms with Gasteiger partial charge in [-0.3, -0.25) is 14.4 Å². The molecule has 3 rings (SSSR count). The van der Waals surface area contributed by atoms with Crippen molar-refractivity contribution in [2.45, 2.75) is 118 Å². The molecule has 2 amide bonds. The molecule has 0 radical (unpaired) electrons. The average Bonchev–Trinajstić information content (AvgIpc) is 3.17. The Morgan fingerprint density at radius 1 is 0.950 bits per heavy atom. The Labute approximate surface area is 240 Å². The molecular weight excluding hydrogens is 502 g/mol. The molecule has 1 aromatic heterocycles. The summed E-state index contributed by atoms with van der Waals surface area (Å²) in [7, 11) is 0. The molecule has 1 saturated carbocycles. The third-order valence-electron chi connectivity index (χ3n) is 7.66. The molecule has 0 unspecified atom stereocenters. The predicted octanol–water partition coefficient (Wildman–Crippen LogP) is 6.55. The van der Waals surface area contributed by atoms with Crippen LogP contribution in [-0.2, 0) is 21.5 Å². The van der Waals surface area contributed by atoms with Crippen LogP contribution < -0.4 is 10.6 Å². The van der Waals surface area contributed by atoms with Gasteiger partial charge in [-0.25, -0.2) is 0 Å². The van der Waals surface area contributed by atoms with Crippen molar-refractivity contribution in [3.8, 4) is 11.3 Å². The maximum Gasteiger partial charge on any atom is 0.293 e. The van der Waals surface area contributed by atoms with Gasteiger partial charge in [0.15, 0.2) is 0 Å². The van der Waals surface area contributed by atoms with E-state index in [2.05, 4.69) is 42.0 Å². The van der Waals surface area contributed by atoms with Crippen molar-refractivity contribution in [3.63, 3.8) is 0 Å². The van der Waals surface area contributed by atoms with Gasteiger partial charge in [0.1, 0.15) is 5.60 Å². The minimum atomic E-state index is -0.810. The second-order valence-corrected chi connectivity index (χ2v) is 14.1. The molecule has 40 heavy (non-hydrogen) atoms. The van der Waals surface area contributed by atoms with E-state index in [1.165, 1.54) is 32.1 Å². The number of benzene rings is 1. The molecule has 1 fully saturated rings. The van der Waals surface area contributed by atoms with E-state index in [0.29, 0.717) is 23.5 Å². The predicted molar refractivity (Wildman–Crippen MR) is 161 cm³/mol. The molecule has 7 heteroatoms. The minimum Gasteiger partial charge on any atom is -0.460 e. The number of carbonyl (C=O) groups excluding carboxylic acids is 3. The van der Waals surface area contributed by atoms with E-state index >= 15 is 0 Å². The number of carbonyl (C=O) groups is 3. The lowest BCUT2D eigenvalue weighted by atomic mass is 9.84.